The minimum absolute atomic E-state index is 0.0549. The number of carbonyl (C=O) groups excluding carboxylic acids is 1. The van der Waals surface area contributed by atoms with Gasteiger partial charge in [0, 0.05) is 0 Å². The van der Waals surface area contributed by atoms with Crippen LogP contribution < -0.4 is 5.32 Å². The molecule has 0 unspecified atom stereocenters. The number of phenols is 1. The van der Waals surface area contributed by atoms with Gasteiger partial charge in [0.1, 0.15) is 11.3 Å². The lowest BCUT2D eigenvalue weighted by atomic mass is 10.1. The molecule has 1 heterocycles. The van der Waals surface area contributed by atoms with Crippen molar-refractivity contribution in [1.82, 2.24) is 10.2 Å². The number of phenolic OH excluding ortho intramolecular Hbond substituents is 1. The van der Waals surface area contributed by atoms with Gasteiger partial charge in [-0.25, -0.2) is 0 Å². The molecule has 94 valence electrons. The van der Waals surface area contributed by atoms with Crippen LogP contribution in [0.15, 0.2) is 41.9 Å². The van der Waals surface area contributed by atoms with E-state index in [1.54, 1.807) is 12.1 Å². The van der Waals surface area contributed by atoms with Gasteiger partial charge in [-0.2, -0.15) is 0 Å². The van der Waals surface area contributed by atoms with Crippen LogP contribution in [-0.2, 0) is 0 Å². The van der Waals surface area contributed by atoms with E-state index in [0.717, 1.165) is 10.8 Å². The Hall–Kier alpha value is -2.47. The van der Waals surface area contributed by atoms with E-state index < -0.39 is 5.91 Å². The molecule has 0 spiro atoms. The van der Waals surface area contributed by atoms with E-state index in [1.165, 1.54) is 16.8 Å². The SMILES string of the molecule is O=C(Nc1nncs1)c1cc2ccccc2cc1O. The van der Waals surface area contributed by atoms with Crippen LogP contribution in [0.5, 0.6) is 5.75 Å². The Kier molecular flexibility index (Phi) is 2.85. The highest BCUT2D eigenvalue weighted by Gasteiger charge is 2.13. The zero-order valence-electron chi connectivity index (χ0n) is 9.70. The van der Waals surface area contributed by atoms with E-state index in [-0.39, 0.29) is 11.3 Å². The molecule has 0 atom stereocenters. The molecule has 0 saturated carbocycles. The van der Waals surface area contributed by atoms with Crippen LogP contribution in [0.4, 0.5) is 5.13 Å². The molecule has 3 aromatic rings. The van der Waals surface area contributed by atoms with E-state index in [0.29, 0.717) is 5.13 Å². The number of aromatic nitrogens is 2. The molecule has 1 amide bonds. The van der Waals surface area contributed by atoms with Crippen LogP contribution in [0.2, 0.25) is 0 Å². The number of anilines is 1. The molecule has 6 heteroatoms. The number of benzene rings is 2. The zero-order valence-corrected chi connectivity index (χ0v) is 10.5. The third-order valence-corrected chi connectivity index (χ3v) is 3.30. The van der Waals surface area contributed by atoms with Crippen molar-refractivity contribution in [3.05, 3.63) is 47.5 Å². The number of aromatic hydroxyl groups is 1. The number of fused-ring (bicyclic) bond motifs is 1. The second-order valence-corrected chi connectivity index (χ2v) is 4.75. The summed E-state index contributed by atoms with van der Waals surface area (Å²) in [5.74, 6) is -0.458. The van der Waals surface area contributed by atoms with Gasteiger partial charge in [0.2, 0.25) is 5.13 Å². The maximum atomic E-state index is 12.0. The number of rotatable bonds is 2. The molecule has 0 fully saturated rings. The summed E-state index contributed by atoms with van der Waals surface area (Å²) in [4.78, 5) is 12.0. The Balaban J connectivity index is 1.99. The van der Waals surface area contributed by atoms with Crippen molar-refractivity contribution in [1.29, 1.82) is 0 Å². The van der Waals surface area contributed by atoms with Gasteiger partial charge < -0.3 is 5.11 Å². The predicted octanol–water partition coefficient (Wildman–Crippen LogP) is 2.65. The monoisotopic (exact) mass is 271 g/mol. The smallest absolute Gasteiger partial charge is 0.261 e. The Bertz CT molecular complexity index is 741. The molecule has 2 aromatic carbocycles. The Morgan fingerprint density at radius 3 is 2.63 bits per heavy atom. The van der Waals surface area contributed by atoms with Crippen LogP contribution >= 0.6 is 11.3 Å². The molecule has 5 nitrogen and oxygen atoms in total. The van der Waals surface area contributed by atoms with E-state index in [4.69, 9.17) is 0 Å². The summed E-state index contributed by atoms with van der Waals surface area (Å²) in [5, 5.41) is 22.0. The Morgan fingerprint density at radius 2 is 1.95 bits per heavy atom. The molecule has 2 N–H and O–H groups in total. The van der Waals surface area contributed by atoms with Gasteiger partial charge in [0.25, 0.3) is 5.91 Å². The summed E-state index contributed by atoms with van der Waals surface area (Å²) in [6, 6.07) is 10.7. The number of carbonyl (C=O) groups is 1. The maximum absolute atomic E-state index is 12.0. The van der Waals surface area contributed by atoms with E-state index in [9.17, 15) is 9.90 Å². The number of hydrogen-bond donors (Lipinski definition) is 2. The van der Waals surface area contributed by atoms with Gasteiger partial charge in [-0.15, -0.1) is 10.2 Å². The molecular formula is C13H9N3O2S. The lowest BCUT2D eigenvalue weighted by Gasteiger charge is -2.06. The van der Waals surface area contributed by atoms with E-state index >= 15 is 0 Å². The minimum atomic E-state index is -0.403. The van der Waals surface area contributed by atoms with Crippen LogP contribution in [0.3, 0.4) is 0 Å². The maximum Gasteiger partial charge on any atom is 0.261 e. The first-order valence-corrected chi connectivity index (χ1v) is 6.41. The highest BCUT2D eigenvalue weighted by atomic mass is 32.1. The molecule has 0 aliphatic heterocycles. The standard InChI is InChI=1S/C13H9N3O2S/c17-11-6-9-4-2-1-3-8(9)5-10(11)12(18)15-13-16-14-7-19-13/h1-7,17H,(H,15,16,18). The summed E-state index contributed by atoms with van der Waals surface area (Å²) >= 11 is 1.22. The Morgan fingerprint density at radius 1 is 1.21 bits per heavy atom. The first-order chi connectivity index (χ1) is 9.24. The molecule has 0 radical (unpaired) electrons. The number of nitrogens with zero attached hydrogens (tertiary/aromatic N) is 2. The summed E-state index contributed by atoms with van der Waals surface area (Å²) < 4.78 is 0. The summed E-state index contributed by atoms with van der Waals surface area (Å²) in [7, 11) is 0. The first-order valence-electron chi connectivity index (χ1n) is 5.53. The van der Waals surface area contributed by atoms with Gasteiger partial charge in [-0.1, -0.05) is 35.6 Å². The van der Waals surface area contributed by atoms with Gasteiger partial charge >= 0.3 is 0 Å². The second kappa shape index (κ2) is 4.66. The summed E-state index contributed by atoms with van der Waals surface area (Å²) in [6.45, 7) is 0. The third kappa shape index (κ3) is 2.25. The quantitative estimate of drug-likeness (QED) is 0.751. The minimum Gasteiger partial charge on any atom is -0.507 e. The highest BCUT2D eigenvalue weighted by molar-refractivity contribution is 7.13. The third-order valence-electron chi connectivity index (χ3n) is 2.69. The highest BCUT2D eigenvalue weighted by Crippen LogP contribution is 2.25. The lowest BCUT2D eigenvalue weighted by Crippen LogP contribution is -2.12. The fraction of sp³-hybridized carbons (Fsp3) is 0. The molecule has 19 heavy (non-hydrogen) atoms. The van der Waals surface area contributed by atoms with E-state index in [1.807, 2.05) is 24.3 Å². The van der Waals surface area contributed by atoms with E-state index in [2.05, 4.69) is 15.5 Å². The number of nitrogens with one attached hydrogen (secondary N) is 1. The van der Waals surface area contributed by atoms with Crippen molar-refractivity contribution in [2.24, 2.45) is 0 Å². The average molecular weight is 271 g/mol. The number of hydrogen-bond acceptors (Lipinski definition) is 5. The van der Waals surface area contributed by atoms with Crippen molar-refractivity contribution < 1.29 is 9.90 Å². The van der Waals surface area contributed by atoms with Crippen LogP contribution in [0, 0.1) is 0 Å². The molecular weight excluding hydrogens is 262 g/mol. The van der Waals surface area contributed by atoms with Crippen molar-refractivity contribution in [3.63, 3.8) is 0 Å². The summed E-state index contributed by atoms with van der Waals surface area (Å²) in [5.41, 5.74) is 1.74. The average Bonchev–Trinajstić information content (AvgIpc) is 2.90. The topological polar surface area (TPSA) is 75.1 Å². The predicted molar refractivity (Wildman–Crippen MR) is 73.5 cm³/mol. The van der Waals surface area contributed by atoms with Gasteiger partial charge in [-0.3, -0.25) is 10.1 Å². The van der Waals surface area contributed by atoms with Crippen LogP contribution in [0.1, 0.15) is 10.4 Å². The largest absolute Gasteiger partial charge is 0.507 e. The molecule has 3 rings (SSSR count). The molecule has 0 aliphatic rings. The second-order valence-electron chi connectivity index (χ2n) is 3.91. The van der Waals surface area contributed by atoms with Crippen LogP contribution in [-0.4, -0.2) is 21.2 Å². The molecule has 0 aliphatic carbocycles. The van der Waals surface area contributed by atoms with Crippen molar-refractivity contribution >= 4 is 33.1 Å². The normalized spacial score (nSPS) is 10.5. The zero-order chi connectivity index (χ0) is 13.2. The fourth-order valence-corrected chi connectivity index (χ4v) is 2.24. The van der Waals surface area contributed by atoms with Crippen molar-refractivity contribution in [2.45, 2.75) is 0 Å². The van der Waals surface area contributed by atoms with Gasteiger partial charge in [0.15, 0.2) is 0 Å². The Labute approximate surface area is 112 Å². The van der Waals surface area contributed by atoms with Crippen molar-refractivity contribution in [3.8, 4) is 5.75 Å². The van der Waals surface area contributed by atoms with Gasteiger partial charge in [0.05, 0.1) is 5.56 Å². The van der Waals surface area contributed by atoms with Crippen molar-refractivity contribution in [2.75, 3.05) is 5.32 Å². The first kappa shape index (κ1) is 11.6. The lowest BCUT2D eigenvalue weighted by molar-refractivity contribution is 0.102. The molecule has 1 aromatic heterocycles. The summed E-state index contributed by atoms with van der Waals surface area (Å²) in [6.07, 6.45) is 0. The van der Waals surface area contributed by atoms with Crippen LogP contribution in [0.25, 0.3) is 10.8 Å². The molecule has 0 bridgehead atoms. The van der Waals surface area contributed by atoms with Gasteiger partial charge in [-0.05, 0) is 22.9 Å². The number of amides is 1. The molecule has 0 saturated heterocycles. The fourth-order valence-electron chi connectivity index (χ4n) is 1.80.